The lowest BCUT2D eigenvalue weighted by molar-refractivity contribution is -0.251. The van der Waals surface area contributed by atoms with E-state index in [9.17, 15) is 19.5 Å². The van der Waals surface area contributed by atoms with Crippen molar-refractivity contribution in [3.8, 4) is 0 Å². The largest absolute Gasteiger partial charge is 0.463 e. The SMILES string of the molecule is C[C@@]12[C@H]3C[C@@H](O[C@@H]4[C@@H]5O[C@]5(C)CC[C@@]41COC(=O)[C@@H]1O[C@@]14CCO[C@]1(/C=C/C=C\C(=O)O3)[C@@H](O)C(=O)O[C@@H]14)[C@]21CO1. The number of fused-ring (bicyclic) bond motifs is 2. The Morgan fingerprint density at radius 3 is 2.54 bits per heavy atom. The third-order valence-corrected chi connectivity index (χ3v) is 12.1. The van der Waals surface area contributed by atoms with Gasteiger partial charge in [0, 0.05) is 24.3 Å². The zero-order chi connectivity index (χ0) is 28.2. The topological polar surface area (TPSA) is 155 Å². The van der Waals surface area contributed by atoms with Crippen LogP contribution >= 0.6 is 0 Å². The molecule has 0 unspecified atom stereocenters. The number of aliphatic hydroxyl groups excluding tert-OH is 1. The maximum Gasteiger partial charge on any atom is 0.339 e. The molecule has 4 bridgehead atoms. The van der Waals surface area contributed by atoms with Gasteiger partial charge in [-0.1, -0.05) is 19.1 Å². The van der Waals surface area contributed by atoms with E-state index in [-0.39, 0.29) is 43.5 Å². The number of epoxide rings is 3. The molecule has 9 aliphatic rings. The van der Waals surface area contributed by atoms with Crippen LogP contribution in [0.5, 0.6) is 0 Å². The number of hydrogen-bond donors (Lipinski definition) is 1. The van der Waals surface area contributed by atoms with Crippen molar-refractivity contribution in [3.63, 3.8) is 0 Å². The van der Waals surface area contributed by atoms with E-state index in [0.717, 1.165) is 6.42 Å². The van der Waals surface area contributed by atoms with Crippen LogP contribution in [0.15, 0.2) is 24.3 Å². The van der Waals surface area contributed by atoms with Crippen LogP contribution in [0, 0.1) is 10.8 Å². The van der Waals surface area contributed by atoms with E-state index in [2.05, 4.69) is 13.8 Å². The number of rotatable bonds is 0. The lowest BCUT2D eigenvalue weighted by Gasteiger charge is -2.58. The molecule has 13 atom stereocenters. The Kier molecular flexibility index (Phi) is 4.55. The fourth-order valence-corrected chi connectivity index (χ4v) is 9.44. The van der Waals surface area contributed by atoms with E-state index in [1.165, 1.54) is 24.3 Å². The van der Waals surface area contributed by atoms with Crippen LogP contribution in [0.25, 0.3) is 0 Å². The first-order chi connectivity index (χ1) is 19.6. The molecular weight excluding hydrogens is 540 g/mol. The molecule has 12 heteroatoms. The van der Waals surface area contributed by atoms with Crippen molar-refractivity contribution >= 4 is 17.9 Å². The summed E-state index contributed by atoms with van der Waals surface area (Å²) in [6, 6.07) is 0. The smallest absolute Gasteiger partial charge is 0.339 e. The summed E-state index contributed by atoms with van der Waals surface area (Å²) < 4.78 is 48.8. The zero-order valence-corrected chi connectivity index (χ0v) is 22.7. The average Bonchev–Trinajstić information content (AvgIpc) is 3.86. The van der Waals surface area contributed by atoms with E-state index in [0.29, 0.717) is 19.4 Å². The number of hydrogen-bond acceptors (Lipinski definition) is 12. The lowest BCUT2D eigenvalue weighted by atomic mass is 9.50. The third-order valence-electron chi connectivity index (χ3n) is 12.1. The maximum absolute atomic E-state index is 13.7. The van der Waals surface area contributed by atoms with Gasteiger partial charge >= 0.3 is 17.9 Å². The molecule has 41 heavy (non-hydrogen) atoms. The molecule has 2 saturated carbocycles. The highest BCUT2D eigenvalue weighted by molar-refractivity contribution is 5.84. The summed E-state index contributed by atoms with van der Waals surface area (Å²) in [5, 5.41) is 10.8. The molecule has 0 amide bonds. The molecule has 220 valence electrons. The number of esters is 3. The monoisotopic (exact) mass is 572 g/mol. The average molecular weight is 573 g/mol. The van der Waals surface area contributed by atoms with E-state index >= 15 is 0 Å². The minimum atomic E-state index is -1.63. The summed E-state index contributed by atoms with van der Waals surface area (Å²) in [7, 11) is 0. The second-order valence-corrected chi connectivity index (χ2v) is 13.5. The minimum absolute atomic E-state index is 0.00474. The Hall–Kier alpha value is -2.35. The lowest BCUT2D eigenvalue weighted by Crippen LogP contribution is -2.69. The Morgan fingerprint density at radius 1 is 0.902 bits per heavy atom. The predicted octanol–water partition coefficient (Wildman–Crippen LogP) is 0.0345. The highest BCUT2D eigenvalue weighted by Crippen LogP contribution is 2.75. The Bertz CT molecular complexity index is 1340. The number of cyclic esters (lactones) is 1. The standard InChI is InChI=1S/C29H32O12/c1-24-7-8-26-12-34-22(33)20-28(41-20)9-10-35-27(17(31)21(32)39-23(27)28)6-4-3-5-16(30)37-14-11-15(38-19(26)18(24)40-24)29(13-36-29)25(14,26)2/h3-6,14-15,17-20,23,31H,7-13H2,1-2H3/b5-3-,6-4+/t14-,15-,17+,18+,19-,20+,23+,24-,25-,26-,27-,28+,29-/m1/s1. The van der Waals surface area contributed by atoms with Crippen molar-refractivity contribution in [3.05, 3.63) is 24.3 Å². The van der Waals surface area contributed by atoms with Gasteiger partial charge in [-0.2, -0.15) is 0 Å². The van der Waals surface area contributed by atoms with Crippen molar-refractivity contribution in [2.24, 2.45) is 10.8 Å². The van der Waals surface area contributed by atoms with Gasteiger partial charge in [0.2, 0.25) is 0 Å². The van der Waals surface area contributed by atoms with Gasteiger partial charge in [0.05, 0.1) is 36.4 Å². The Balaban J connectivity index is 1.14. The molecule has 1 N–H and O–H groups in total. The molecule has 0 aromatic heterocycles. The van der Waals surface area contributed by atoms with Gasteiger partial charge < -0.3 is 43.0 Å². The van der Waals surface area contributed by atoms with Crippen LogP contribution in [-0.4, -0.2) is 108 Å². The minimum Gasteiger partial charge on any atom is -0.463 e. The molecule has 8 fully saturated rings. The van der Waals surface area contributed by atoms with Crippen molar-refractivity contribution in [2.45, 2.75) is 105 Å². The fraction of sp³-hybridized carbons (Fsp3) is 0.759. The van der Waals surface area contributed by atoms with Crippen molar-refractivity contribution in [1.82, 2.24) is 0 Å². The first-order valence-corrected chi connectivity index (χ1v) is 14.5. The van der Waals surface area contributed by atoms with Gasteiger partial charge in [0.1, 0.15) is 30.0 Å². The van der Waals surface area contributed by atoms with E-state index < -0.39 is 70.0 Å². The molecule has 0 aromatic rings. The molecule has 12 nitrogen and oxygen atoms in total. The second-order valence-electron chi connectivity index (χ2n) is 13.5. The predicted molar refractivity (Wildman–Crippen MR) is 131 cm³/mol. The molecule has 9 rings (SSSR count). The quantitative estimate of drug-likeness (QED) is 0.237. The normalized spacial score (nSPS) is 60.9. The van der Waals surface area contributed by atoms with Crippen molar-refractivity contribution in [1.29, 1.82) is 0 Å². The van der Waals surface area contributed by atoms with Crippen molar-refractivity contribution < 1.29 is 57.4 Å². The van der Waals surface area contributed by atoms with Gasteiger partial charge in [-0.05, 0) is 25.8 Å². The Labute approximate surface area is 235 Å². The molecule has 7 aliphatic heterocycles. The van der Waals surface area contributed by atoms with Gasteiger partial charge in [-0.3, -0.25) is 0 Å². The highest BCUT2D eigenvalue weighted by atomic mass is 16.7. The van der Waals surface area contributed by atoms with Gasteiger partial charge in [-0.25, -0.2) is 14.4 Å². The Morgan fingerprint density at radius 2 is 1.73 bits per heavy atom. The van der Waals surface area contributed by atoms with Gasteiger partial charge in [0.15, 0.2) is 23.9 Å². The molecular formula is C29H32O12. The number of ether oxygens (including phenoxy) is 8. The van der Waals surface area contributed by atoms with Crippen LogP contribution < -0.4 is 0 Å². The van der Waals surface area contributed by atoms with E-state index in [4.69, 9.17) is 37.9 Å². The summed E-state index contributed by atoms with van der Waals surface area (Å²) in [6.07, 6.45) is 2.77. The van der Waals surface area contributed by atoms with Gasteiger partial charge in [-0.15, -0.1) is 0 Å². The highest BCUT2D eigenvalue weighted by Gasteiger charge is 2.87. The van der Waals surface area contributed by atoms with Crippen LogP contribution in [0.1, 0.15) is 39.5 Å². The van der Waals surface area contributed by atoms with Gasteiger partial charge in [0.25, 0.3) is 0 Å². The van der Waals surface area contributed by atoms with Crippen molar-refractivity contribution in [2.75, 3.05) is 19.8 Å². The number of carbonyl (C=O) groups excluding carboxylic acids is 3. The maximum atomic E-state index is 13.7. The van der Waals surface area contributed by atoms with Crippen LogP contribution in [0.2, 0.25) is 0 Å². The molecule has 3 spiro atoms. The molecule has 7 heterocycles. The summed E-state index contributed by atoms with van der Waals surface area (Å²) in [6.45, 7) is 4.74. The molecule has 6 saturated heterocycles. The first kappa shape index (κ1) is 25.2. The number of allylic oxidation sites excluding steroid dienone is 2. The second kappa shape index (κ2) is 7.40. The molecule has 0 radical (unpaired) electrons. The van der Waals surface area contributed by atoms with E-state index in [1.54, 1.807) is 0 Å². The first-order valence-electron chi connectivity index (χ1n) is 14.5. The molecule has 0 aromatic carbocycles. The third kappa shape index (κ3) is 2.76. The zero-order valence-electron chi connectivity index (χ0n) is 22.7. The fourth-order valence-electron chi connectivity index (χ4n) is 9.44. The molecule has 2 aliphatic carbocycles. The number of carbonyl (C=O) groups is 3. The summed E-state index contributed by atoms with van der Waals surface area (Å²) >= 11 is 0. The summed E-state index contributed by atoms with van der Waals surface area (Å²) in [4.78, 5) is 39.4. The van der Waals surface area contributed by atoms with Crippen LogP contribution in [0.4, 0.5) is 0 Å². The van der Waals surface area contributed by atoms with Crippen LogP contribution in [-0.2, 0) is 52.3 Å². The summed E-state index contributed by atoms with van der Waals surface area (Å²) in [5.74, 6) is -2.01. The summed E-state index contributed by atoms with van der Waals surface area (Å²) in [5.41, 5.74) is -5.19. The van der Waals surface area contributed by atoms with Crippen LogP contribution in [0.3, 0.4) is 0 Å². The van der Waals surface area contributed by atoms with E-state index in [1.807, 2.05) is 0 Å². The number of aliphatic hydroxyl groups is 1.